The Hall–Kier alpha value is -0.670. The second-order valence-electron chi connectivity index (χ2n) is 3.48. The van der Waals surface area contributed by atoms with Crippen molar-refractivity contribution < 1.29 is 9.53 Å². The van der Waals surface area contributed by atoms with Gasteiger partial charge >= 0.3 is 0 Å². The van der Waals surface area contributed by atoms with E-state index in [1.807, 2.05) is 37.3 Å². The van der Waals surface area contributed by atoms with Gasteiger partial charge < -0.3 is 4.74 Å². The molecule has 0 bridgehead atoms. The van der Waals surface area contributed by atoms with Crippen molar-refractivity contribution in [3.05, 3.63) is 35.9 Å². The Balaban J connectivity index is 2.28. The number of hydrogen-bond acceptors (Lipinski definition) is 2. The SMILES string of the molecule is CC(CC(=O)CBr)OCc1ccccc1. The molecule has 0 aliphatic rings. The first-order valence-corrected chi connectivity index (χ1v) is 6.07. The van der Waals surface area contributed by atoms with E-state index in [-0.39, 0.29) is 11.9 Å². The third kappa shape index (κ3) is 5.09. The number of carbonyl (C=O) groups is 1. The molecule has 0 N–H and O–H groups in total. The standard InChI is InChI=1S/C12H15BrO2/c1-10(7-12(14)8-13)15-9-11-5-3-2-4-6-11/h2-6,10H,7-9H2,1H3. The highest BCUT2D eigenvalue weighted by molar-refractivity contribution is 9.09. The molecule has 1 aromatic rings. The van der Waals surface area contributed by atoms with E-state index in [0.717, 1.165) is 5.56 Å². The van der Waals surface area contributed by atoms with E-state index in [9.17, 15) is 4.79 Å². The van der Waals surface area contributed by atoms with Crippen LogP contribution in [0.5, 0.6) is 0 Å². The van der Waals surface area contributed by atoms with E-state index in [1.54, 1.807) is 0 Å². The molecule has 1 atom stereocenters. The highest BCUT2D eigenvalue weighted by Crippen LogP contribution is 2.06. The maximum atomic E-state index is 11.1. The van der Waals surface area contributed by atoms with Crippen molar-refractivity contribution in [2.75, 3.05) is 5.33 Å². The number of Topliss-reactive ketones (excluding diaryl/α,β-unsaturated/α-hetero) is 1. The number of rotatable bonds is 6. The Labute approximate surface area is 98.8 Å². The number of ether oxygens (including phenoxy) is 1. The number of benzene rings is 1. The minimum Gasteiger partial charge on any atom is -0.373 e. The van der Waals surface area contributed by atoms with Crippen molar-refractivity contribution in [3.8, 4) is 0 Å². The van der Waals surface area contributed by atoms with Crippen LogP contribution in [0.25, 0.3) is 0 Å². The smallest absolute Gasteiger partial charge is 0.145 e. The first kappa shape index (κ1) is 12.4. The maximum Gasteiger partial charge on any atom is 0.145 e. The molecule has 0 radical (unpaired) electrons. The third-order valence-corrected chi connectivity index (χ3v) is 2.67. The zero-order valence-electron chi connectivity index (χ0n) is 8.78. The number of halogens is 1. The van der Waals surface area contributed by atoms with E-state index in [1.165, 1.54) is 0 Å². The summed E-state index contributed by atoms with van der Waals surface area (Å²) >= 11 is 3.13. The van der Waals surface area contributed by atoms with Gasteiger partial charge in [0, 0.05) is 6.42 Å². The van der Waals surface area contributed by atoms with Crippen LogP contribution in [-0.4, -0.2) is 17.2 Å². The summed E-state index contributed by atoms with van der Waals surface area (Å²) in [5.41, 5.74) is 1.13. The fourth-order valence-electron chi connectivity index (χ4n) is 1.25. The van der Waals surface area contributed by atoms with Crippen molar-refractivity contribution in [2.45, 2.75) is 26.1 Å². The summed E-state index contributed by atoms with van der Waals surface area (Å²) in [6.45, 7) is 2.49. The van der Waals surface area contributed by atoms with Crippen molar-refractivity contribution in [1.82, 2.24) is 0 Å². The lowest BCUT2D eigenvalue weighted by atomic mass is 10.2. The second-order valence-corrected chi connectivity index (χ2v) is 4.04. The molecule has 0 heterocycles. The first-order valence-electron chi connectivity index (χ1n) is 4.95. The molecule has 1 unspecified atom stereocenters. The molecule has 0 saturated carbocycles. The maximum absolute atomic E-state index is 11.1. The van der Waals surface area contributed by atoms with E-state index in [0.29, 0.717) is 18.4 Å². The summed E-state index contributed by atoms with van der Waals surface area (Å²) in [5.74, 6) is 0.176. The van der Waals surface area contributed by atoms with E-state index in [4.69, 9.17) is 4.74 Å². The molecule has 3 heteroatoms. The molecule has 0 fully saturated rings. The Morgan fingerprint density at radius 2 is 2.07 bits per heavy atom. The lowest BCUT2D eigenvalue weighted by molar-refractivity contribution is -0.119. The lowest BCUT2D eigenvalue weighted by Gasteiger charge is -2.11. The summed E-state index contributed by atoms with van der Waals surface area (Å²) in [4.78, 5) is 11.1. The van der Waals surface area contributed by atoms with Gasteiger partial charge in [0.2, 0.25) is 0 Å². The molecule has 0 aliphatic carbocycles. The molecule has 0 aliphatic heterocycles. The van der Waals surface area contributed by atoms with E-state index >= 15 is 0 Å². The predicted molar refractivity (Wildman–Crippen MR) is 64.1 cm³/mol. The van der Waals surface area contributed by atoms with Crippen LogP contribution >= 0.6 is 15.9 Å². The molecule has 15 heavy (non-hydrogen) atoms. The van der Waals surface area contributed by atoms with Gasteiger partial charge in [-0.3, -0.25) is 4.79 Å². The number of hydrogen-bond donors (Lipinski definition) is 0. The van der Waals surface area contributed by atoms with E-state index < -0.39 is 0 Å². The van der Waals surface area contributed by atoms with Crippen molar-refractivity contribution in [3.63, 3.8) is 0 Å². The number of alkyl halides is 1. The molecule has 2 nitrogen and oxygen atoms in total. The Morgan fingerprint density at radius 3 is 2.67 bits per heavy atom. The van der Waals surface area contributed by atoms with Crippen LogP contribution in [0.2, 0.25) is 0 Å². The molecular formula is C12H15BrO2. The zero-order chi connectivity index (χ0) is 11.1. The van der Waals surface area contributed by atoms with Crippen LogP contribution < -0.4 is 0 Å². The van der Waals surface area contributed by atoms with Crippen LogP contribution in [0.4, 0.5) is 0 Å². The largest absolute Gasteiger partial charge is 0.373 e. The summed E-state index contributed by atoms with van der Waals surface area (Å²) < 4.78 is 5.56. The van der Waals surface area contributed by atoms with Gasteiger partial charge in [0.05, 0.1) is 18.0 Å². The van der Waals surface area contributed by atoms with Gasteiger partial charge in [0.15, 0.2) is 0 Å². The fraction of sp³-hybridized carbons (Fsp3) is 0.417. The minimum absolute atomic E-state index is 0.0183. The average molecular weight is 271 g/mol. The van der Waals surface area contributed by atoms with Gasteiger partial charge in [-0.2, -0.15) is 0 Å². The topological polar surface area (TPSA) is 26.3 Å². The monoisotopic (exact) mass is 270 g/mol. The van der Waals surface area contributed by atoms with Crippen LogP contribution in [0.1, 0.15) is 18.9 Å². The summed E-state index contributed by atoms with van der Waals surface area (Å²) in [6, 6.07) is 9.96. The highest BCUT2D eigenvalue weighted by Gasteiger charge is 2.07. The summed E-state index contributed by atoms with van der Waals surface area (Å²) in [5, 5.41) is 0.409. The molecule has 0 saturated heterocycles. The second kappa shape index (κ2) is 6.75. The van der Waals surface area contributed by atoms with Crippen LogP contribution in [-0.2, 0) is 16.1 Å². The number of carbonyl (C=O) groups excluding carboxylic acids is 1. The van der Waals surface area contributed by atoms with E-state index in [2.05, 4.69) is 15.9 Å². The third-order valence-electron chi connectivity index (χ3n) is 2.04. The van der Waals surface area contributed by atoms with Crippen LogP contribution in [0, 0.1) is 0 Å². The van der Waals surface area contributed by atoms with Crippen LogP contribution in [0.3, 0.4) is 0 Å². The van der Waals surface area contributed by atoms with Gasteiger partial charge in [-0.15, -0.1) is 0 Å². The molecular weight excluding hydrogens is 256 g/mol. The van der Waals surface area contributed by atoms with Gasteiger partial charge in [-0.25, -0.2) is 0 Å². The molecule has 82 valence electrons. The summed E-state index contributed by atoms with van der Waals surface area (Å²) in [7, 11) is 0. The van der Waals surface area contributed by atoms with Gasteiger partial charge in [0.1, 0.15) is 5.78 Å². The Morgan fingerprint density at radius 1 is 1.40 bits per heavy atom. The average Bonchev–Trinajstić information content (AvgIpc) is 2.27. The normalized spacial score (nSPS) is 12.4. The number of ketones is 1. The quantitative estimate of drug-likeness (QED) is 0.743. The fourth-order valence-corrected chi connectivity index (χ4v) is 1.48. The molecule has 0 amide bonds. The molecule has 0 spiro atoms. The highest BCUT2D eigenvalue weighted by atomic mass is 79.9. The first-order chi connectivity index (χ1) is 7.22. The van der Waals surface area contributed by atoms with Gasteiger partial charge in [0.25, 0.3) is 0 Å². The van der Waals surface area contributed by atoms with Crippen molar-refractivity contribution in [1.29, 1.82) is 0 Å². The van der Waals surface area contributed by atoms with Crippen molar-refractivity contribution in [2.24, 2.45) is 0 Å². The Kier molecular flexibility index (Phi) is 5.58. The lowest BCUT2D eigenvalue weighted by Crippen LogP contribution is -2.14. The van der Waals surface area contributed by atoms with Crippen molar-refractivity contribution >= 4 is 21.7 Å². The molecule has 0 aromatic heterocycles. The minimum atomic E-state index is -0.0183. The zero-order valence-corrected chi connectivity index (χ0v) is 10.4. The molecule has 1 rings (SSSR count). The van der Waals surface area contributed by atoms with Crippen LogP contribution in [0.15, 0.2) is 30.3 Å². The Bertz CT molecular complexity index is 298. The summed E-state index contributed by atoms with van der Waals surface area (Å²) in [6.07, 6.45) is 0.452. The van der Waals surface area contributed by atoms with Gasteiger partial charge in [-0.1, -0.05) is 46.3 Å². The predicted octanol–water partition coefficient (Wildman–Crippen LogP) is 2.95. The molecule has 1 aromatic carbocycles. The van der Waals surface area contributed by atoms with Gasteiger partial charge in [-0.05, 0) is 12.5 Å².